The number of anilines is 1. The first-order valence-electron chi connectivity index (χ1n) is 6.86. The summed E-state index contributed by atoms with van der Waals surface area (Å²) in [6, 6.07) is 6.25. The minimum Gasteiger partial charge on any atom is -0.399 e. The van der Waals surface area contributed by atoms with E-state index in [1.165, 1.54) is 6.42 Å². The third kappa shape index (κ3) is 3.66. The van der Waals surface area contributed by atoms with Gasteiger partial charge in [0.05, 0.1) is 5.75 Å². The van der Waals surface area contributed by atoms with E-state index >= 15 is 0 Å². The molecule has 2 rings (SSSR count). The Kier molecular flexibility index (Phi) is 4.75. The number of aryl methyl sites for hydroxylation is 1. The molecule has 0 radical (unpaired) electrons. The summed E-state index contributed by atoms with van der Waals surface area (Å²) in [7, 11) is 0. The van der Waals surface area contributed by atoms with E-state index in [1.54, 1.807) is 11.8 Å². The molecule has 0 saturated carbocycles. The zero-order valence-corrected chi connectivity index (χ0v) is 12.5. The second-order valence-electron chi connectivity index (χ2n) is 5.25. The van der Waals surface area contributed by atoms with Crippen molar-refractivity contribution in [3.05, 3.63) is 23.8 Å². The zero-order valence-electron chi connectivity index (χ0n) is 11.7. The van der Waals surface area contributed by atoms with Crippen LogP contribution in [0.4, 0.5) is 5.69 Å². The molecule has 0 bridgehead atoms. The maximum Gasteiger partial charge on any atom is 0.233 e. The van der Waals surface area contributed by atoms with Crippen LogP contribution in [0, 0.1) is 6.92 Å². The first-order valence-corrected chi connectivity index (χ1v) is 7.85. The summed E-state index contributed by atoms with van der Waals surface area (Å²) in [6.07, 6.45) is 3.52. The standard InChI is InChI=1S/C15H22N2OS/c1-11-9-13(16)6-7-14(11)19-10-15(18)17-8-4-3-5-12(17)2/h6-7,9,12H,3-5,8,10,16H2,1-2H3. The van der Waals surface area contributed by atoms with E-state index in [0.717, 1.165) is 35.5 Å². The molecule has 0 aromatic heterocycles. The molecule has 0 aliphatic carbocycles. The summed E-state index contributed by atoms with van der Waals surface area (Å²) in [6.45, 7) is 5.10. The highest BCUT2D eigenvalue weighted by Crippen LogP contribution is 2.25. The van der Waals surface area contributed by atoms with Gasteiger partial charge in [-0.25, -0.2) is 0 Å². The number of likely N-dealkylation sites (tertiary alicyclic amines) is 1. The molecule has 2 N–H and O–H groups in total. The third-order valence-corrected chi connectivity index (χ3v) is 4.83. The molecule has 1 unspecified atom stereocenters. The number of hydrogen-bond donors (Lipinski definition) is 1. The Balaban J connectivity index is 1.92. The maximum atomic E-state index is 12.2. The number of carbonyl (C=O) groups excluding carboxylic acids is 1. The van der Waals surface area contributed by atoms with Gasteiger partial charge in [-0.2, -0.15) is 0 Å². The van der Waals surface area contributed by atoms with E-state index in [4.69, 9.17) is 5.73 Å². The summed E-state index contributed by atoms with van der Waals surface area (Å²) in [5.74, 6) is 0.781. The van der Waals surface area contributed by atoms with Crippen molar-refractivity contribution in [3.8, 4) is 0 Å². The summed E-state index contributed by atoms with van der Waals surface area (Å²) in [4.78, 5) is 15.4. The van der Waals surface area contributed by atoms with Gasteiger partial charge in [0.25, 0.3) is 0 Å². The fraction of sp³-hybridized carbons (Fsp3) is 0.533. The number of hydrogen-bond acceptors (Lipinski definition) is 3. The van der Waals surface area contributed by atoms with Crippen molar-refractivity contribution in [3.63, 3.8) is 0 Å². The van der Waals surface area contributed by atoms with Gasteiger partial charge >= 0.3 is 0 Å². The van der Waals surface area contributed by atoms with Crippen LogP contribution in [-0.2, 0) is 4.79 Å². The lowest BCUT2D eigenvalue weighted by atomic mass is 10.0. The van der Waals surface area contributed by atoms with E-state index in [9.17, 15) is 4.79 Å². The second-order valence-corrected chi connectivity index (χ2v) is 6.26. The van der Waals surface area contributed by atoms with Crippen molar-refractivity contribution in [1.82, 2.24) is 4.90 Å². The fourth-order valence-corrected chi connectivity index (χ4v) is 3.42. The Morgan fingerprint density at radius 2 is 2.26 bits per heavy atom. The normalized spacial score (nSPS) is 19.5. The van der Waals surface area contributed by atoms with Crippen LogP contribution in [0.1, 0.15) is 31.7 Å². The molecule has 1 aromatic rings. The van der Waals surface area contributed by atoms with Gasteiger partial charge < -0.3 is 10.6 Å². The minimum atomic E-state index is 0.258. The number of nitrogens with zero attached hydrogens (tertiary/aromatic N) is 1. The minimum absolute atomic E-state index is 0.258. The van der Waals surface area contributed by atoms with E-state index in [-0.39, 0.29) is 5.91 Å². The van der Waals surface area contributed by atoms with Gasteiger partial charge in [0, 0.05) is 23.2 Å². The average molecular weight is 278 g/mol. The summed E-state index contributed by atoms with van der Waals surface area (Å²) in [5, 5.41) is 0. The predicted molar refractivity (Wildman–Crippen MR) is 81.3 cm³/mol. The van der Waals surface area contributed by atoms with E-state index < -0.39 is 0 Å². The third-order valence-electron chi connectivity index (χ3n) is 3.67. The number of rotatable bonds is 3. The van der Waals surface area contributed by atoms with Crippen LogP contribution in [0.25, 0.3) is 0 Å². The Morgan fingerprint density at radius 1 is 1.47 bits per heavy atom. The average Bonchev–Trinajstić information content (AvgIpc) is 2.38. The summed E-state index contributed by atoms with van der Waals surface area (Å²) < 4.78 is 0. The number of nitrogen functional groups attached to an aromatic ring is 1. The molecule has 1 aliphatic heterocycles. The molecule has 104 valence electrons. The second kappa shape index (κ2) is 6.33. The molecular formula is C15H22N2OS. The van der Waals surface area contributed by atoms with Crippen molar-refractivity contribution in [1.29, 1.82) is 0 Å². The van der Waals surface area contributed by atoms with E-state index in [0.29, 0.717) is 11.8 Å². The van der Waals surface area contributed by atoms with Crippen molar-refractivity contribution in [2.24, 2.45) is 0 Å². The van der Waals surface area contributed by atoms with Gasteiger partial charge in [-0.15, -0.1) is 11.8 Å². The number of piperidine rings is 1. The fourth-order valence-electron chi connectivity index (χ4n) is 2.53. The van der Waals surface area contributed by atoms with Gasteiger partial charge in [0.2, 0.25) is 5.91 Å². The first-order chi connectivity index (χ1) is 9.08. The highest BCUT2D eigenvalue weighted by molar-refractivity contribution is 8.00. The number of carbonyl (C=O) groups is 1. The Hall–Kier alpha value is -1.16. The van der Waals surface area contributed by atoms with Crippen LogP contribution in [0.5, 0.6) is 0 Å². The molecule has 19 heavy (non-hydrogen) atoms. The number of amides is 1. The van der Waals surface area contributed by atoms with Gasteiger partial charge in [-0.3, -0.25) is 4.79 Å². The van der Waals surface area contributed by atoms with Crippen molar-refractivity contribution in [2.75, 3.05) is 18.0 Å². The topological polar surface area (TPSA) is 46.3 Å². The molecule has 1 saturated heterocycles. The molecule has 1 aromatic carbocycles. The SMILES string of the molecule is Cc1cc(N)ccc1SCC(=O)N1CCCCC1C. The van der Waals surface area contributed by atoms with Crippen LogP contribution in [0.15, 0.2) is 23.1 Å². The molecule has 3 nitrogen and oxygen atoms in total. The lowest BCUT2D eigenvalue weighted by Crippen LogP contribution is -2.42. The summed E-state index contributed by atoms with van der Waals surface area (Å²) >= 11 is 1.61. The molecule has 4 heteroatoms. The molecule has 1 heterocycles. The quantitative estimate of drug-likeness (QED) is 0.683. The van der Waals surface area contributed by atoms with Crippen molar-refractivity contribution >= 4 is 23.4 Å². The van der Waals surface area contributed by atoms with E-state index in [1.807, 2.05) is 30.0 Å². The van der Waals surface area contributed by atoms with Crippen LogP contribution < -0.4 is 5.73 Å². The summed E-state index contributed by atoms with van der Waals surface area (Å²) in [5.41, 5.74) is 7.65. The van der Waals surface area contributed by atoms with Crippen LogP contribution >= 0.6 is 11.8 Å². The predicted octanol–water partition coefficient (Wildman–Crippen LogP) is 3.07. The largest absolute Gasteiger partial charge is 0.399 e. The zero-order chi connectivity index (χ0) is 13.8. The van der Waals surface area contributed by atoms with Crippen LogP contribution in [-0.4, -0.2) is 29.1 Å². The molecule has 0 spiro atoms. The Bertz CT molecular complexity index is 461. The van der Waals surface area contributed by atoms with Crippen LogP contribution in [0.2, 0.25) is 0 Å². The number of nitrogens with two attached hydrogens (primary N) is 1. The highest BCUT2D eigenvalue weighted by atomic mass is 32.2. The highest BCUT2D eigenvalue weighted by Gasteiger charge is 2.22. The number of thioether (sulfide) groups is 1. The van der Waals surface area contributed by atoms with Crippen molar-refractivity contribution in [2.45, 2.75) is 44.0 Å². The van der Waals surface area contributed by atoms with Crippen LogP contribution in [0.3, 0.4) is 0 Å². The molecule has 1 amide bonds. The Labute approximate surface area is 119 Å². The molecular weight excluding hydrogens is 256 g/mol. The van der Waals surface area contributed by atoms with Gasteiger partial charge in [-0.05, 0) is 56.9 Å². The Morgan fingerprint density at radius 3 is 2.95 bits per heavy atom. The molecule has 1 atom stereocenters. The monoisotopic (exact) mass is 278 g/mol. The number of benzene rings is 1. The van der Waals surface area contributed by atoms with Gasteiger partial charge in [-0.1, -0.05) is 0 Å². The van der Waals surface area contributed by atoms with Crippen molar-refractivity contribution < 1.29 is 4.79 Å². The first kappa shape index (κ1) is 14.3. The van der Waals surface area contributed by atoms with Gasteiger partial charge in [0.1, 0.15) is 0 Å². The van der Waals surface area contributed by atoms with Gasteiger partial charge in [0.15, 0.2) is 0 Å². The smallest absolute Gasteiger partial charge is 0.233 e. The molecule has 1 fully saturated rings. The maximum absolute atomic E-state index is 12.2. The lowest BCUT2D eigenvalue weighted by molar-refractivity contribution is -0.131. The molecule has 1 aliphatic rings. The lowest BCUT2D eigenvalue weighted by Gasteiger charge is -2.33. The van der Waals surface area contributed by atoms with E-state index in [2.05, 4.69) is 6.92 Å².